The molecule has 2 aromatic carbocycles. The fourth-order valence-corrected chi connectivity index (χ4v) is 2.88. The second kappa shape index (κ2) is 8.86. The molecule has 0 saturated heterocycles. The smallest absolute Gasteiger partial charge is 0.154 e. The van der Waals surface area contributed by atoms with Crippen LogP contribution in [0.2, 0.25) is 0 Å². The van der Waals surface area contributed by atoms with E-state index in [2.05, 4.69) is 33.1 Å². The van der Waals surface area contributed by atoms with Gasteiger partial charge in [-0.25, -0.2) is 0 Å². The number of hydrogen-bond donors (Lipinski definition) is 1. The van der Waals surface area contributed by atoms with E-state index in [4.69, 9.17) is 10.5 Å². The van der Waals surface area contributed by atoms with Crippen molar-refractivity contribution in [2.45, 2.75) is 13.0 Å². The molecule has 1 atom stereocenters. The Morgan fingerprint density at radius 3 is 2.73 bits per heavy atom. The highest BCUT2D eigenvalue weighted by Crippen LogP contribution is 2.19. The van der Waals surface area contributed by atoms with E-state index >= 15 is 0 Å². The maximum atomic E-state index is 5.97. The van der Waals surface area contributed by atoms with E-state index in [1.54, 1.807) is 0 Å². The number of amidine groups is 1. The molecule has 5 heteroatoms. The highest BCUT2D eigenvalue weighted by atomic mass is 79.9. The second-order valence-corrected chi connectivity index (χ2v) is 6.74. The molecular weight excluding hydrogens is 360 g/mol. The molecule has 2 rings (SSSR count). The number of nitrogens with two attached hydrogens (primary N) is 1. The Morgan fingerprint density at radius 1 is 1.23 bits per heavy atom. The maximum Gasteiger partial charge on any atom is 0.154 e. The topological polar surface area (TPSA) is 47.6 Å². The van der Waals surface area contributed by atoms with Gasteiger partial charge in [0.25, 0.3) is 0 Å². The Hall–Kier alpha value is -1.46. The number of nitrogens with zero attached hydrogens (tertiary/aromatic N) is 1. The third-order valence-electron chi connectivity index (χ3n) is 3.00. The summed E-state index contributed by atoms with van der Waals surface area (Å²) in [6.45, 7) is 2.64. The van der Waals surface area contributed by atoms with E-state index in [1.165, 1.54) is 11.8 Å². The van der Waals surface area contributed by atoms with Crippen molar-refractivity contribution < 1.29 is 4.74 Å². The molecule has 0 aliphatic heterocycles. The normalized spacial score (nSPS) is 12.9. The van der Waals surface area contributed by atoms with Crippen LogP contribution < -0.4 is 10.5 Å². The summed E-state index contributed by atoms with van der Waals surface area (Å²) in [5.74, 6) is 1.62. The lowest BCUT2D eigenvalue weighted by atomic mass is 10.1. The number of thioether (sulfide) groups is 1. The van der Waals surface area contributed by atoms with Gasteiger partial charge < -0.3 is 10.5 Å². The standard InChI is InChI=1S/C17H19BrN2OS/c1-13(14-6-3-2-4-7-14)20-17(19)22-11-10-21-16-9-5-8-15(18)12-16/h2-9,12-13H,10-11H2,1H3,(H2,19,20)/t13-/m1/s1. The molecule has 0 unspecified atom stereocenters. The van der Waals surface area contributed by atoms with Gasteiger partial charge in [0, 0.05) is 10.2 Å². The van der Waals surface area contributed by atoms with E-state index in [-0.39, 0.29) is 6.04 Å². The summed E-state index contributed by atoms with van der Waals surface area (Å²) in [6, 6.07) is 18.0. The lowest BCUT2D eigenvalue weighted by Gasteiger charge is -2.09. The number of benzene rings is 2. The Labute approximate surface area is 144 Å². The molecule has 0 aliphatic carbocycles. The van der Waals surface area contributed by atoms with Crippen LogP contribution in [0, 0.1) is 0 Å². The number of aliphatic imine (C=N–C) groups is 1. The first-order valence-corrected chi connectivity index (χ1v) is 8.82. The van der Waals surface area contributed by atoms with Crippen molar-refractivity contribution in [2.75, 3.05) is 12.4 Å². The Kier molecular flexibility index (Phi) is 6.80. The number of halogens is 1. The van der Waals surface area contributed by atoms with Crippen LogP contribution in [-0.4, -0.2) is 17.5 Å². The van der Waals surface area contributed by atoms with Crippen LogP contribution in [0.15, 0.2) is 64.1 Å². The zero-order valence-electron chi connectivity index (χ0n) is 12.4. The first-order chi connectivity index (χ1) is 10.6. The summed E-state index contributed by atoms with van der Waals surface area (Å²) in [6.07, 6.45) is 0. The van der Waals surface area contributed by atoms with Gasteiger partial charge in [0.1, 0.15) is 5.75 Å². The summed E-state index contributed by atoms with van der Waals surface area (Å²) in [5.41, 5.74) is 7.13. The fourth-order valence-electron chi connectivity index (χ4n) is 1.90. The Bertz CT molecular complexity index is 619. The van der Waals surface area contributed by atoms with Crippen LogP contribution in [-0.2, 0) is 0 Å². The minimum Gasteiger partial charge on any atom is -0.493 e. The number of ether oxygens (including phenoxy) is 1. The van der Waals surface area contributed by atoms with Gasteiger partial charge in [0.15, 0.2) is 5.17 Å². The molecule has 3 nitrogen and oxygen atoms in total. The Balaban J connectivity index is 1.75. The molecular formula is C17H19BrN2OS. The minimum absolute atomic E-state index is 0.0692. The molecule has 0 amide bonds. The zero-order valence-corrected chi connectivity index (χ0v) is 14.8. The van der Waals surface area contributed by atoms with Crippen LogP contribution in [0.25, 0.3) is 0 Å². The quantitative estimate of drug-likeness (QED) is 0.452. The van der Waals surface area contributed by atoms with Crippen molar-refractivity contribution in [3.05, 3.63) is 64.6 Å². The van der Waals surface area contributed by atoms with Gasteiger partial charge >= 0.3 is 0 Å². The number of rotatable bonds is 6. The molecule has 0 fully saturated rings. The van der Waals surface area contributed by atoms with E-state index in [1.807, 2.05) is 49.4 Å². The van der Waals surface area contributed by atoms with Gasteiger partial charge in [0.05, 0.1) is 12.6 Å². The molecule has 2 aromatic rings. The predicted octanol–water partition coefficient (Wildman–Crippen LogP) is 4.64. The molecule has 0 radical (unpaired) electrons. The highest BCUT2D eigenvalue weighted by molar-refractivity contribution is 9.10. The van der Waals surface area contributed by atoms with Crippen molar-refractivity contribution in [1.29, 1.82) is 0 Å². The molecule has 116 valence electrons. The van der Waals surface area contributed by atoms with E-state index in [9.17, 15) is 0 Å². The highest BCUT2D eigenvalue weighted by Gasteiger charge is 2.04. The van der Waals surface area contributed by atoms with Crippen molar-refractivity contribution in [2.24, 2.45) is 10.7 Å². The van der Waals surface area contributed by atoms with Crippen molar-refractivity contribution in [3.63, 3.8) is 0 Å². The molecule has 0 bridgehead atoms. The zero-order chi connectivity index (χ0) is 15.8. The molecule has 2 N–H and O–H groups in total. The summed E-state index contributed by atoms with van der Waals surface area (Å²) in [5, 5.41) is 0.592. The first-order valence-electron chi connectivity index (χ1n) is 7.04. The molecule has 0 aromatic heterocycles. The van der Waals surface area contributed by atoms with Crippen LogP contribution in [0.3, 0.4) is 0 Å². The molecule has 22 heavy (non-hydrogen) atoms. The number of hydrogen-bond acceptors (Lipinski definition) is 3. The van der Waals surface area contributed by atoms with E-state index in [0.29, 0.717) is 11.8 Å². The third-order valence-corrected chi connectivity index (χ3v) is 4.27. The van der Waals surface area contributed by atoms with E-state index in [0.717, 1.165) is 21.5 Å². The second-order valence-electron chi connectivity index (χ2n) is 4.71. The summed E-state index contributed by atoms with van der Waals surface area (Å²) in [4.78, 5) is 4.50. The summed E-state index contributed by atoms with van der Waals surface area (Å²) < 4.78 is 6.68. The molecule has 0 spiro atoms. The van der Waals surface area contributed by atoms with Crippen molar-refractivity contribution in [3.8, 4) is 5.75 Å². The van der Waals surface area contributed by atoms with E-state index < -0.39 is 0 Å². The van der Waals surface area contributed by atoms with Crippen LogP contribution in [0.1, 0.15) is 18.5 Å². The van der Waals surface area contributed by atoms with Gasteiger partial charge in [0.2, 0.25) is 0 Å². The predicted molar refractivity (Wildman–Crippen MR) is 98.6 cm³/mol. The summed E-state index contributed by atoms with van der Waals surface area (Å²) >= 11 is 4.93. The largest absolute Gasteiger partial charge is 0.493 e. The van der Waals surface area contributed by atoms with Gasteiger partial charge in [-0.3, -0.25) is 4.99 Å². The molecule has 0 saturated carbocycles. The van der Waals surface area contributed by atoms with Gasteiger partial charge in [-0.05, 0) is 30.7 Å². The van der Waals surface area contributed by atoms with Crippen LogP contribution >= 0.6 is 27.7 Å². The lowest BCUT2D eigenvalue weighted by Crippen LogP contribution is -2.12. The molecule has 0 heterocycles. The van der Waals surface area contributed by atoms with Crippen molar-refractivity contribution in [1.82, 2.24) is 0 Å². The first kappa shape index (κ1) is 16.9. The minimum atomic E-state index is 0.0692. The van der Waals surface area contributed by atoms with Crippen LogP contribution in [0.4, 0.5) is 0 Å². The maximum absolute atomic E-state index is 5.97. The van der Waals surface area contributed by atoms with Gasteiger partial charge in [-0.2, -0.15) is 0 Å². The lowest BCUT2D eigenvalue weighted by molar-refractivity contribution is 0.344. The Morgan fingerprint density at radius 2 is 2.00 bits per heavy atom. The van der Waals surface area contributed by atoms with Gasteiger partial charge in [-0.1, -0.05) is 64.1 Å². The summed E-state index contributed by atoms with van der Waals surface area (Å²) in [7, 11) is 0. The van der Waals surface area contributed by atoms with Crippen molar-refractivity contribution >= 4 is 32.9 Å². The fraction of sp³-hybridized carbons (Fsp3) is 0.235. The van der Waals surface area contributed by atoms with Gasteiger partial charge in [-0.15, -0.1) is 0 Å². The third kappa shape index (κ3) is 5.73. The monoisotopic (exact) mass is 378 g/mol. The molecule has 0 aliphatic rings. The average molecular weight is 379 g/mol. The average Bonchev–Trinajstić information content (AvgIpc) is 2.52. The van der Waals surface area contributed by atoms with Crippen LogP contribution in [0.5, 0.6) is 5.75 Å². The SMILES string of the molecule is C[C@@H](N=C(N)SCCOc1cccc(Br)c1)c1ccccc1.